The van der Waals surface area contributed by atoms with Crippen molar-refractivity contribution in [1.29, 1.82) is 0 Å². The Morgan fingerprint density at radius 2 is 2.16 bits per heavy atom. The molecule has 2 nitrogen and oxygen atoms in total. The molecule has 7 atom stereocenters. The molecule has 1 aliphatic carbocycles. The molecular formula is C19H26F4O2. The van der Waals surface area contributed by atoms with Crippen molar-refractivity contribution >= 4 is 0 Å². The minimum Gasteiger partial charge on any atom is -0.349 e. The molecule has 2 rings (SSSR count). The van der Waals surface area contributed by atoms with Gasteiger partial charge in [-0.1, -0.05) is 19.6 Å². The summed E-state index contributed by atoms with van der Waals surface area (Å²) in [4.78, 5) is 0. The molecule has 1 fully saturated rings. The van der Waals surface area contributed by atoms with Crippen molar-refractivity contribution in [3.63, 3.8) is 0 Å². The summed E-state index contributed by atoms with van der Waals surface area (Å²) in [5.41, 5.74) is 0.393. The van der Waals surface area contributed by atoms with E-state index in [4.69, 9.17) is 9.47 Å². The Morgan fingerprint density at radius 1 is 1.44 bits per heavy atom. The van der Waals surface area contributed by atoms with Gasteiger partial charge in [-0.25, -0.2) is 13.2 Å². The zero-order chi connectivity index (χ0) is 18.6. The summed E-state index contributed by atoms with van der Waals surface area (Å²) >= 11 is 0. The Kier molecular flexibility index (Phi) is 7.25. The third-order valence-electron chi connectivity index (χ3n) is 4.93. The molecule has 3 unspecified atom stereocenters. The fraction of sp³-hybridized carbons (Fsp3) is 0.684. The maximum Gasteiger partial charge on any atom is 0.167 e. The van der Waals surface area contributed by atoms with Crippen LogP contribution in [0.5, 0.6) is 0 Å². The maximum absolute atomic E-state index is 13.9. The molecular weight excluding hydrogens is 336 g/mol. The average Bonchev–Trinajstić information content (AvgIpc) is 3.00. The van der Waals surface area contributed by atoms with E-state index in [1.165, 1.54) is 12.2 Å². The van der Waals surface area contributed by atoms with E-state index in [0.29, 0.717) is 12.0 Å². The van der Waals surface area contributed by atoms with Gasteiger partial charge in [0.25, 0.3) is 0 Å². The summed E-state index contributed by atoms with van der Waals surface area (Å²) in [6.07, 6.45) is 0.242. The van der Waals surface area contributed by atoms with Crippen LogP contribution in [0, 0.1) is 17.8 Å². The van der Waals surface area contributed by atoms with Crippen molar-refractivity contribution < 1.29 is 27.0 Å². The normalized spacial score (nSPS) is 33.0. The van der Waals surface area contributed by atoms with Crippen LogP contribution in [0.25, 0.3) is 0 Å². The highest BCUT2D eigenvalue weighted by Gasteiger charge is 2.38. The van der Waals surface area contributed by atoms with Gasteiger partial charge >= 0.3 is 0 Å². The number of hydrogen-bond donors (Lipinski definition) is 0. The lowest BCUT2D eigenvalue weighted by Crippen LogP contribution is -2.30. The van der Waals surface area contributed by atoms with Crippen LogP contribution in [0.15, 0.2) is 36.2 Å². The Hall–Kier alpha value is -1.14. The van der Waals surface area contributed by atoms with Gasteiger partial charge in [0.15, 0.2) is 6.29 Å². The quantitative estimate of drug-likeness (QED) is 0.446. The second kappa shape index (κ2) is 8.99. The lowest BCUT2D eigenvalue weighted by atomic mass is 9.85. The van der Waals surface area contributed by atoms with Crippen LogP contribution in [0.1, 0.15) is 26.7 Å². The fourth-order valence-electron chi connectivity index (χ4n) is 3.19. The first-order chi connectivity index (χ1) is 11.8. The smallest absolute Gasteiger partial charge is 0.167 e. The van der Waals surface area contributed by atoms with E-state index < -0.39 is 43.0 Å². The minimum absolute atomic E-state index is 0.0893. The zero-order valence-electron chi connectivity index (χ0n) is 14.6. The van der Waals surface area contributed by atoms with Gasteiger partial charge in [-0.2, -0.15) is 0 Å². The largest absolute Gasteiger partial charge is 0.349 e. The molecule has 0 aromatic heterocycles. The van der Waals surface area contributed by atoms with Crippen LogP contribution in [0.2, 0.25) is 0 Å². The first kappa shape index (κ1) is 20.2. The molecule has 6 heteroatoms. The Balaban J connectivity index is 1.85. The van der Waals surface area contributed by atoms with E-state index in [-0.39, 0.29) is 25.0 Å². The van der Waals surface area contributed by atoms with Gasteiger partial charge in [-0.05, 0) is 49.3 Å². The van der Waals surface area contributed by atoms with Crippen molar-refractivity contribution in [3.8, 4) is 0 Å². The molecule has 0 radical (unpaired) electrons. The molecule has 0 aromatic rings. The predicted molar refractivity (Wildman–Crippen MR) is 88.9 cm³/mol. The Bertz CT molecular complexity index is 520. The molecule has 2 aliphatic rings. The van der Waals surface area contributed by atoms with Crippen LogP contribution < -0.4 is 0 Å². The molecule has 0 bridgehead atoms. The fourth-order valence-corrected chi connectivity index (χ4v) is 3.19. The third-order valence-corrected chi connectivity index (χ3v) is 4.93. The van der Waals surface area contributed by atoms with E-state index >= 15 is 0 Å². The Labute approximate surface area is 146 Å². The highest BCUT2D eigenvalue weighted by Crippen LogP contribution is 2.33. The Morgan fingerprint density at radius 3 is 2.76 bits per heavy atom. The second-order valence-electron chi connectivity index (χ2n) is 7.07. The SMILES string of the molecule is C=C(C)[C@@H](F)C[C@H](CF)[C@@H](C)C[C@@H]1COC(C2C=CC(F)=CC2F)O1. The summed E-state index contributed by atoms with van der Waals surface area (Å²) in [7, 11) is 0. The van der Waals surface area contributed by atoms with E-state index in [1.54, 1.807) is 6.92 Å². The van der Waals surface area contributed by atoms with Crippen LogP contribution in [-0.2, 0) is 9.47 Å². The summed E-state index contributed by atoms with van der Waals surface area (Å²) in [6.45, 7) is 6.65. The molecule has 0 amide bonds. The van der Waals surface area contributed by atoms with Crippen LogP contribution in [-0.4, -0.2) is 38.0 Å². The van der Waals surface area contributed by atoms with E-state index in [0.717, 1.165) is 6.08 Å². The van der Waals surface area contributed by atoms with Crippen molar-refractivity contribution in [3.05, 3.63) is 36.2 Å². The molecule has 0 spiro atoms. The first-order valence-corrected chi connectivity index (χ1v) is 8.63. The molecule has 0 aromatic carbocycles. The van der Waals surface area contributed by atoms with E-state index in [9.17, 15) is 17.6 Å². The van der Waals surface area contributed by atoms with Crippen molar-refractivity contribution in [2.24, 2.45) is 17.8 Å². The zero-order valence-corrected chi connectivity index (χ0v) is 14.6. The monoisotopic (exact) mass is 362 g/mol. The number of alkyl halides is 3. The number of allylic oxidation sites excluding steroid dienone is 4. The highest BCUT2D eigenvalue weighted by atomic mass is 19.1. The predicted octanol–water partition coefficient (Wildman–Crippen LogP) is 5.02. The summed E-state index contributed by atoms with van der Waals surface area (Å²) < 4.78 is 65.2. The second-order valence-corrected chi connectivity index (χ2v) is 7.07. The summed E-state index contributed by atoms with van der Waals surface area (Å²) in [5, 5.41) is 0. The first-order valence-electron chi connectivity index (χ1n) is 8.63. The lowest BCUT2D eigenvalue weighted by Gasteiger charge is -2.26. The van der Waals surface area contributed by atoms with Crippen molar-refractivity contribution in [2.75, 3.05) is 13.3 Å². The average molecular weight is 362 g/mol. The summed E-state index contributed by atoms with van der Waals surface area (Å²) in [6, 6.07) is 0. The van der Waals surface area contributed by atoms with Crippen molar-refractivity contribution in [1.82, 2.24) is 0 Å². The van der Waals surface area contributed by atoms with Crippen LogP contribution >= 0.6 is 0 Å². The van der Waals surface area contributed by atoms with Crippen molar-refractivity contribution in [2.45, 2.75) is 51.4 Å². The van der Waals surface area contributed by atoms with Crippen LogP contribution in [0.3, 0.4) is 0 Å². The molecule has 25 heavy (non-hydrogen) atoms. The van der Waals surface area contributed by atoms with Gasteiger partial charge < -0.3 is 9.47 Å². The van der Waals surface area contributed by atoms with Gasteiger partial charge in [0, 0.05) is 0 Å². The lowest BCUT2D eigenvalue weighted by molar-refractivity contribution is -0.0989. The van der Waals surface area contributed by atoms with Gasteiger partial charge in [0.05, 0.1) is 25.3 Å². The van der Waals surface area contributed by atoms with Crippen LogP contribution in [0.4, 0.5) is 17.6 Å². The number of rotatable bonds is 8. The standard InChI is InChI=1S/C19H26F4O2/c1-11(2)17(22)7-13(9-20)12(3)6-15-10-24-19(25-15)16-5-4-14(21)8-18(16)23/h4-5,8,12-13,15-19H,1,6-7,9-10H2,2-3H3/t12-,13+,15+,16?,17-,18?,19?/m0/s1. The topological polar surface area (TPSA) is 18.5 Å². The molecule has 1 heterocycles. The number of hydrogen-bond acceptors (Lipinski definition) is 2. The maximum atomic E-state index is 13.9. The highest BCUT2D eigenvalue weighted by molar-refractivity contribution is 5.21. The van der Waals surface area contributed by atoms with E-state index in [1.807, 2.05) is 6.92 Å². The van der Waals surface area contributed by atoms with Gasteiger partial charge in [-0.15, -0.1) is 0 Å². The molecule has 1 aliphatic heterocycles. The van der Waals surface area contributed by atoms with Gasteiger partial charge in [-0.3, -0.25) is 4.39 Å². The molecule has 0 N–H and O–H groups in total. The molecule has 1 saturated heterocycles. The number of halogens is 4. The van der Waals surface area contributed by atoms with E-state index in [2.05, 4.69) is 6.58 Å². The third kappa shape index (κ3) is 5.42. The number of ether oxygens (including phenoxy) is 2. The van der Waals surface area contributed by atoms with Gasteiger partial charge in [0.2, 0.25) is 0 Å². The molecule has 0 saturated carbocycles. The van der Waals surface area contributed by atoms with Gasteiger partial charge in [0.1, 0.15) is 18.2 Å². The molecule has 142 valence electrons. The summed E-state index contributed by atoms with van der Waals surface area (Å²) in [5.74, 6) is -1.86. The minimum atomic E-state index is -1.51.